The van der Waals surface area contributed by atoms with E-state index in [2.05, 4.69) is 9.97 Å². The predicted octanol–water partition coefficient (Wildman–Crippen LogP) is 2.48. The van der Waals surface area contributed by atoms with Crippen LogP contribution in [0.3, 0.4) is 0 Å². The molecule has 32 heavy (non-hydrogen) atoms. The third-order valence-electron chi connectivity index (χ3n) is 5.59. The number of fused-ring (bicyclic) bond motifs is 1. The highest BCUT2D eigenvalue weighted by Crippen LogP contribution is 2.35. The van der Waals surface area contributed by atoms with Gasteiger partial charge < -0.3 is 15.5 Å². The summed E-state index contributed by atoms with van der Waals surface area (Å²) < 4.78 is 67.6. The van der Waals surface area contributed by atoms with Crippen molar-refractivity contribution in [2.24, 2.45) is 5.73 Å². The number of piperidine rings is 1. The summed E-state index contributed by atoms with van der Waals surface area (Å²) in [6.07, 6.45) is -5.70. The van der Waals surface area contributed by atoms with E-state index in [0.717, 1.165) is 4.90 Å². The van der Waals surface area contributed by atoms with Gasteiger partial charge in [0.2, 0.25) is 11.8 Å². The maximum atomic E-state index is 13.6. The van der Waals surface area contributed by atoms with Crippen LogP contribution >= 0.6 is 0 Å². The zero-order valence-corrected chi connectivity index (χ0v) is 17.9. The van der Waals surface area contributed by atoms with Crippen LogP contribution in [0, 0.1) is 0 Å². The molecule has 0 unspecified atom stereocenters. The van der Waals surface area contributed by atoms with Gasteiger partial charge in [0.25, 0.3) is 5.92 Å². The second-order valence-electron chi connectivity index (χ2n) is 8.67. The number of halogens is 5. The van der Waals surface area contributed by atoms with Crippen LogP contribution in [0.4, 0.5) is 22.0 Å². The SMILES string of the molecule is CC(C)c1nc2c(c(C(F)(F)F)n1)CCN(C(=O)C[C@H](N)CN1CC(F)(F)CCC1=O)C2. The Kier molecular flexibility index (Phi) is 6.73. The molecular formula is C20H26F5N5O2. The maximum absolute atomic E-state index is 13.6. The molecular weight excluding hydrogens is 437 g/mol. The van der Waals surface area contributed by atoms with Crippen LogP contribution in [0.25, 0.3) is 0 Å². The highest BCUT2D eigenvalue weighted by atomic mass is 19.4. The lowest BCUT2D eigenvalue weighted by atomic mass is 10.0. The van der Waals surface area contributed by atoms with Crippen LogP contribution in [0.15, 0.2) is 0 Å². The van der Waals surface area contributed by atoms with E-state index in [1.54, 1.807) is 13.8 Å². The third kappa shape index (κ3) is 5.51. The summed E-state index contributed by atoms with van der Waals surface area (Å²) in [5, 5.41) is 0. The Bertz CT molecular complexity index is 890. The van der Waals surface area contributed by atoms with E-state index < -0.39 is 48.6 Å². The lowest BCUT2D eigenvalue weighted by Gasteiger charge is -2.34. The van der Waals surface area contributed by atoms with E-state index in [1.807, 2.05) is 0 Å². The molecule has 2 aliphatic rings. The standard InChI is InChI=1S/C20H26F5N5O2/c1-11(2)18-27-14-9-29(6-4-13(14)17(28-18)20(23,24)25)16(32)7-12(26)8-30-10-19(21,22)5-3-15(30)31/h11-12H,3-10,26H2,1-2H3/t12-/m0/s1. The fourth-order valence-electron chi connectivity index (χ4n) is 3.92. The van der Waals surface area contributed by atoms with Gasteiger partial charge in [-0.25, -0.2) is 18.7 Å². The molecule has 0 bridgehead atoms. The lowest BCUT2D eigenvalue weighted by Crippen LogP contribution is -2.51. The average molecular weight is 463 g/mol. The molecule has 0 saturated carbocycles. The quantitative estimate of drug-likeness (QED) is 0.678. The van der Waals surface area contributed by atoms with E-state index in [4.69, 9.17) is 5.73 Å². The molecule has 1 saturated heterocycles. The van der Waals surface area contributed by atoms with Gasteiger partial charge in [-0.1, -0.05) is 13.8 Å². The molecule has 7 nitrogen and oxygen atoms in total. The van der Waals surface area contributed by atoms with Crippen molar-refractivity contribution >= 4 is 11.8 Å². The van der Waals surface area contributed by atoms with E-state index in [-0.39, 0.29) is 61.9 Å². The van der Waals surface area contributed by atoms with Gasteiger partial charge in [0.05, 0.1) is 18.8 Å². The number of hydrogen-bond donors (Lipinski definition) is 1. The van der Waals surface area contributed by atoms with Crippen molar-refractivity contribution in [2.45, 2.75) is 70.1 Å². The number of carbonyl (C=O) groups excluding carboxylic acids is 2. The Balaban J connectivity index is 1.69. The summed E-state index contributed by atoms with van der Waals surface area (Å²) in [7, 11) is 0. The van der Waals surface area contributed by atoms with Crippen molar-refractivity contribution in [3.8, 4) is 0 Å². The Morgan fingerprint density at radius 2 is 1.91 bits per heavy atom. The van der Waals surface area contributed by atoms with Gasteiger partial charge in [0.1, 0.15) is 5.82 Å². The minimum Gasteiger partial charge on any atom is -0.336 e. The van der Waals surface area contributed by atoms with Crippen LogP contribution in [0.2, 0.25) is 0 Å². The molecule has 0 aliphatic carbocycles. The summed E-state index contributed by atoms with van der Waals surface area (Å²) in [5.74, 6) is -4.15. The highest BCUT2D eigenvalue weighted by molar-refractivity contribution is 5.78. The molecule has 0 spiro atoms. The van der Waals surface area contributed by atoms with Crippen LogP contribution in [0.1, 0.15) is 61.8 Å². The number of rotatable bonds is 5. The summed E-state index contributed by atoms with van der Waals surface area (Å²) >= 11 is 0. The highest BCUT2D eigenvalue weighted by Gasteiger charge is 2.41. The van der Waals surface area contributed by atoms with E-state index in [0.29, 0.717) is 0 Å². The number of amides is 2. The Morgan fingerprint density at radius 1 is 1.22 bits per heavy atom. The summed E-state index contributed by atoms with van der Waals surface area (Å²) in [4.78, 5) is 34.8. The molecule has 178 valence electrons. The van der Waals surface area contributed by atoms with Gasteiger partial charge in [-0.05, 0) is 6.42 Å². The molecule has 0 aromatic carbocycles. The van der Waals surface area contributed by atoms with Crippen molar-refractivity contribution in [1.82, 2.24) is 19.8 Å². The topological polar surface area (TPSA) is 92.4 Å². The van der Waals surface area contributed by atoms with E-state index >= 15 is 0 Å². The first kappa shape index (κ1) is 24.3. The molecule has 2 amide bonds. The Hall–Kier alpha value is -2.37. The predicted molar refractivity (Wildman–Crippen MR) is 104 cm³/mol. The molecule has 0 radical (unpaired) electrons. The fraction of sp³-hybridized carbons (Fsp3) is 0.700. The van der Waals surface area contributed by atoms with Gasteiger partial charge in [-0.15, -0.1) is 0 Å². The average Bonchev–Trinajstić information content (AvgIpc) is 2.68. The zero-order valence-electron chi connectivity index (χ0n) is 17.9. The molecule has 1 atom stereocenters. The largest absolute Gasteiger partial charge is 0.433 e. The second kappa shape index (κ2) is 8.87. The number of nitrogens with two attached hydrogens (primary N) is 1. The first-order chi connectivity index (χ1) is 14.8. The number of nitrogens with zero attached hydrogens (tertiary/aromatic N) is 4. The maximum Gasteiger partial charge on any atom is 0.433 e. The van der Waals surface area contributed by atoms with Gasteiger partial charge in [0.15, 0.2) is 5.69 Å². The summed E-state index contributed by atoms with van der Waals surface area (Å²) in [5.41, 5.74) is 5.10. The number of hydrogen-bond acceptors (Lipinski definition) is 5. The zero-order chi connectivity index (χ0) is 23.8. The number of carbonyl (C=O) groups is 2. The van der Waals surface area contributed by atoms with Crippen molar-refractivity contribution in [3.05, 3.63) is 22.8 Å². The van der Waals surface area contributed by atoms with Crippen molar-refractivity contribution < 1.29 is 31.5 Å². The van der Waals surface area contributed by atoms with Gasteiger partial charge >= 0.3 is 6.18 Å². The number of likely N-dealkylation sites (tertiary alicyclic amines) is 1. The third-order valence-corrected chi connectivity index (χ3v) is 5.59. The smallest absolute Gasteiger partial charge is 0.336 e. The van der Waals surface area contributed by atoms with Crippen LogP contribution < -0.4 is 5.73 Å². The molecule has 2 aliphatic heterocycles. The number of alkyl halides is 5. The minimum absolute atomic E-state index is 0.0172. The van der Waals surface area contributed by atoms with Crippen molar-refractivity contribution in [1.29, 1.82) is 0 Å². The molecule has 2 N–H and O–H groups in total. The molecule has 3 rings (SSSR count). The second-order valence-corrected chi connectivity index (χ2v) is 8.67. The lowest BCUT2D eigenvalue weighted by molar-refractivity contribution is -0.148. The van der Waals surface area contributed by atoms with Crippen molar-refractivity contribution in [3.63, 3.8) is 0 Å². The van der Waals surface area contributed by atoms with Gasteiger partial charge in [-0.2, -0.15) is 13.2 Å². The molecule has 3 heterocycles. The van der Waals surface area contributed by atoms with Crippen molar-refractivity contribution in [2.75, 3.05) is 19.6 Å². The fourth-order valence-corrected chi connectivity index (χ4v) is 3.92. The number of aromatic nitrogens is 2. The molecule has 1 aromatic rings. The molecule has 12 heteroatoms. The van der Waals surface area contributed by atoms with Gasteiger partial charge in [-0.3, -0.25) is 9.59 Å². The van der Waals surface area contributed by atoms with E-state index in [9.17, 15) is 31.5 Å². The molecule has 1 aromatic heterocycles. The summed E-state index contributed by atoms with van der Waals surface area (Å²) in [6.45, 7) is 2.35. The molecule has 1 fully saturated rings. The van der Waals surface area contributed by atoms with Gasteiger partial charge in [0, 0.05) is 49.9 Å². The first-order valence-electron chi connectivity index (χ1n) is 10.4. The van der Waals surface area contributed by atoms with Crippen LogP contribution in [-0.2, 0) is 28.7 Å². The van der Waals surface area contributed by atoms with Crippen LogP contribution in [0.5, 0.6) is 0 Å². The first-order valence-corrected chi connectivity index (χ1v) is 10.4. The Labute approximate surface area is 182 Å². The minimum atomic E-state index is -4.63. The summed E-state index contributed by atoms with van der Waals surface area (Å²) in [6, 6.07) is -0.871. The van der Waals surface area contributed by atoms with E-state index in [1.165, 1.54) is 4.90 Å². The van der Waals surface area contributed by atoms with Crippen LogP contribution in [-0.4, -0.2) is 63.2 Å². The normalized spacial score (nSPS) is 19.8. The Morgan fingerprint density at radius 3 is 2.53 bits per heavy atom. The monoisotopic (exact) mass is 463 g/mol.